The second-order valence-electron chi connectivity index (χ2n) is 8.39. The molecule has 0 spiro atoms. The van der Waals surface area contributed by atoms with Crippen molar-refractivity contribution in [3.05, 3.63) is 65.7 Å². The van der Waals surface area contributed by atoms with Crippen LogP contribution in [0.15, 0.2) is 53.1 Å². The van der Waals surface area contributed by atoms with Crippen LogP contribution in [0.5, 0.6) is 0 Å². The fraction of sp³-hybridized carbons (Fsp3) is 0.346. The minimum atomic E-state index is -0.471. The van der Waals surface area contributed by atoms with Crippen molar-refractivity contribution in [3.63, 3.8) is 0 Å². The molecule has 0 atom stereocenters. The van der Waals surface area contributed by atoms with E-state index in [1.807, 2.05) is 56.3 Å². The van der Waals surface area contributed by atoms with Crippen LogP contribution >= 0.6 is 0 Å². The van der Waals surface area contributed by atoms with Gasteiger partial charge in [-0.3, -0.25) is 9.59 Å². The summed E-state index contributed by atoms with van der Waals surface area (Å²) in [5.74, 6) is 0.277. The zero-order valence-electron chi connectivity index (χ0n) is 19.1. The third kappa shape index (κ3) is 6.00. The van der Waals surface area contributed by atoms with Crippen LogP contribution in [0.3, 0.4) is 0 Å². The van der Waals surface area contributed by atoms with Crippen LogP contribution in [-0.2, 0) is 20.7 Å². The average Bonchev–Trinajstić information content (AvgIpc) is 3.49. The Kier molecular flexibility index (Phi) is 7.07. The molecule has 2 aromatic carbocycles. The van der Waals surface area contributed by atoms with Gasteiger partial charge in [-0.05, 0) is 50.5 Å². The molecular formula is C26H29N3O4. The maximum atomic E-state index is 12.2. The molecule has 7 heteroatoms. The Morgan fingerprint density at radius 1 is 1.09 bits per heavy atom. The summed E-state index contributed by atoms with van der Waals surface area (Å²) in [6.07, 6.45) is 4.48. The van der Waals surface area contributed by atoms with Gasteiger partial charge in [0.15, 0.2) is 18.3 Å². The van der Waals surface area contributed by atoms with Crippen molar-refractivity contribution in [2.24, 2.45) is 0 Å². The van der Waals surface area contributed by atoms with Gasteiger partial charge < -0.3 is 19.4 Å². The number of esters is 1. The van der Waals surface area contributed by atoms with Crippen LogP contribution in [0.4, 0.5) is 11.4 Å². The number of nitrogens with zero attached hydrogens (tertiary/aromatic N) is 2. The monoisotopic (exact) mass is 447 g/mol. The molecule has 0 unspecified atom stereocenters. The second kappa shape index (κ2) is 10.3. The third-order valence-corrected chi connectivity index (χ3v) is 5.72. The number of oxazole rings is 1. The molecule has 1 fully saturated rings. The number of benzene rings is 2. The standard InChI is InChI=1S/C26H29N3O4/c1-18-5-7-20(8-6-18)23-16-27-25(33-23)11-12-26(31)32-17-24(30)28-21-9-10-22(19(2)15-21)29-13-3-4-14-29/h5-10,15-16H,3-4,11-14,17H2,1-2H3,(H,28,30). The molecule has 0 saturated carbocycles. The summed E-state index contributed by atoms with van der Waals surface area (Å²) in [6, 6.07) is 13.8. The molecule has 172 valence electrons. The summed E-state index contributed by atoms with van der Waals surface area (Å²) in [5.41, 5.74) is 5.11. The Morgan fingerprint density at radius 2 is 1.85 bits per heavy atom. The molecule has 1 aromatic heterocycles. The minimum absolute atomic E-state index is 0.0881. The number of hydrogen-bond acceptors (Lipinski definition) is 6. The first-order chi connectivity index (χ1) is 16.0. The molecule has 0 aliphatic carbocycles. The molecule has 4 rings (SSSR count). The fourth-order valence-electron chi connectivity index (χ4n) is 3.95. The predicted octanol–water partition coefficient (Wildman–Crippen LogP) is 4.67. The van der Waals surface area contributed by atoms with Crippen LogP contribution in [0.1, 0.15) is 36.3 Å². The number of anilines is 2. The van der Waals surface area contributed by atoms with Gasteiger partial charge in [0.2, 0.25) is 0 Å². The maximum Gasteiger partial charge on any atom is 0.306 e. The average molecular weight is 448 g/mol. The van der Waals surface area contributed by atoms with Gasteiger partial charge in [0.25, 0.3) is 5.91 Å². The third-order valence-electron chi connectivity index (χ3n) is 5.72. The van der Waals surface area contributed by atoms with E-state index in [0.29, 0.717) is 23.8 Å². The Hall–Kier alpha value is -3.61. The van der Waals surface area contributed by atoms with Crippen molar-refractivity contribution in [1.29, 1.82) is 0 Å². The SMILES string of the molecule is Cc1ccc(-c2cnc(CCC(=O)OCC(=O)Nc3ccc(N4CCCC4)c(C)c3)o2)cc1. The Labute approximate surface area is 193 Å². The van der Waals surface area contributed by atoms with Crippen LogP contribution in [0.2, 0.25) is 0 Å². The number of ether oxygens (including phenoxy) is 1. The van der Waals surface area contributed by atoms with Crippen LogP contribution < -0.4 is 10.2 Å². The molecule has 1 amide bonds. The molecule has 3 aromatic rings. The van der Waals surface area contributed by atoms with Crippen molar-refractivity contribution in [1.82, 2.24) is 4.98 Å². The summed E-state index contributed by atoms with van der Waals surface area (Å²) in [6.45, 7) is 5.88. The van der Waals surface area contributed by atoms with Gasteiger partial charge in [-0.25, -0.2) is 4.98 Å². The van der Waals surface area contributed by atoms with E-state index >= 15 is 0 Å². The number of aryl methyl sites for hydroxylation is 3. The minimum Gasteiger partial charge on any atom is -0.456 e. The van der Waals surface area contributed by atoms with Gasteiger partial charge in [0, 0.05) is 36.4 Å². The van der Waals surface area contributed by atoms with Crippen molar-refractivity contribution >= 4 is 23.3 Å². The fourth-order valence-corrected chi connectivity index (χ4v) is 3.95. The normalized spacial score (nSPS) is 13.2. The molecule has 1 aliphatic rings. The quantitative estimate of drug-likeness (QED) is 0.505. The molecule has 2 heterocycles. The smallest absolute Gasteiger partial charge is 0.306 e. The highest BCUT2D eigenvalue weighted by Gasteiger charge is 2.15. The molecule has 0 bridgehead atoms. The molecule has 0 radical (unpaired) electrons. The lowest BCUT2D eigenvalue weighted by Gasteiger charge is -2.20. The van der Waals surface area contributed by atoms with Gasteiger partial charge >= 0.3 is 5.97 Å². The van der Waals surface area contributed by atoms with Crippen molar-refractivity contribution in [2.45, 2.75) is 39.5 Å². The van der Waals surface area contributed by atoms with Gasteiger partial charge in [0.1, 0.15) is 0 Å². The van der Waals surface area contributed by atoms with Gasteiger partial charge in [-0.2, -0.15) is 0 Å². The summed E-state index contributed by atoms with van der Waals surface area (Å²) < 4.78 is 10.8. The predicted molar refractivity (Wildman–Crippen MR) is 127 cm³/mol. The van der Waals surface area contributed by atoms with E-state index in [9.17, 15) is 9.59 Å². The van der Waals surface area contributed by atoms with Crippen LogP contribution in [-0.4, -0.2) is 36.6 Å². The van der Waals surface area contributed by atoms with E-state index in [1.54, 1.807) is 6.20 Å². The van der Waals surface area contributed by atoms with Gasteiger partial charge in [0.05, 0.1) is 12.6 Å². The summed E-state index contributed by atoms with van der Waals surface area (Å²) in [5, 5.41) is 2.79. The number of aromatic nitrogens is 1. The highest BCUT2D eigenvalue weighted by Crippen LogP contribution is 2.26. The van der Waals surface area contributed by atoms with E-state index in [-0.39, 0.29) is 18.9 Å². The number of rotatable bonds is 8. The van der Waals surface area contributed by atoms with Crippen molar-refractivity contribution in [2.75, 3.05) is 29.9 Å². The summed E-state index contributed by atoms with van der Waals surface area (Å²) in [4.78, 5) is 30.8. The lowest BCUT2D eigenvalue weighted by molar-refractivity contribution is -0.147. The number of hydrogen-bond donors (Lipinski definition) is 1. The van der Waals surface area contributed by atoms with E-state index < -0.39 is 5.97 Å². The Morgan fingerprint density at radius 3 is 2.58 bits per heavy atom. The Balaban J connectivity index is 1.21. The van der Waals surface area contributed by atoms with E-state index in [2.05, 4.69) is 15.2 Å². The second-order valence-corrected chi connectivity index (χ2v) is 8.39. The highest BCUT2D eigenvalue weighted by atomic mass is 16.5. The van der Waals surface area contributed by atoms with Crippen molar-refractivity contribution in [3.8, 4) is 11.3 Å². The Bertz CT molecular complexity index is 1110. The molecule has 1 N–H and O–H groups in total. The van der Waals surface area contributed by atoms with E-state index in [4.69, 9.17) is 9.15 Å². The molecular weight excluding hydrogens is 418 g/mol. The summed E-state index contributed by atoms with van der Waals surface area (Å²) in [7, 11) is 0. The number of nitrogens with one attached hydrogen (secondary N) is 1. The first kappa shape index (κ1) is 22.6. The zero-order valence-corrected chi connectivity index (χ0v) is 19.1. The lowest BCUT2D eigenvalue weighted by Crippen LogP contribution is -2.22. The van der Waals surface area contributed by atoms with E-state index in [1.165, 1.54) is 24.1 Å². The molecule has 7 nitrogen and oxygen atoms in total. The largest absolute Gasteiger partial charge is 0.456 e. The van der Waals surface area contributed by atoms with Gasteiger partial charge in [-0.1, -0.05) is 29.8 Å². The first-order valence-corrected chi connectivity index (χ1v) is 11.3. The van der Waals surface area contributed by atoms with Crippen LogP contribution in [0, 0.1) is 13.8 Å². The molecule has 1 saturated heterocycles. The first-order valence-electron chi connectivity index (χ1n) is 11.3. The molecule has 33 heavy (non-hydrogen) atoms. The number of carbonyl (C=O) groups is 2. The number of carbonyl (C=O) groups excluding carboxylic acids is 2. The summed E-state index contributed by atoms with van der Waals surface area (Å²) >= 11 is 0. The lowest BCUT2D eigenvalue weighted by atomic mass is 10.1. The highest BCUT2D eigenvalue weighted by molar-refractivity contribution is 5.93. The van der Waals surface area contributed by atoms with Crippen molar-refractivity contribution < 1.29 is 18.7 Å². The molecule has 1 aliphatic heterocycles. The van der Waals surface area contributed by atoms with Crippen LogP contribution in [0.25, 0.3) is 11.3 Å². The van der Waals surface area contributed by atoms with Gasteiger partial charge in [-0.15, -0.1) is 0 Å². The van der Waals surface area contributed by atoms with E-state index in [0.717, 1.165) is 24.2 Å². The number of amides is 1. The zero-order chi connectivity index (χ0) is 23.2. The topological polar surface area (TPSA) is 84.7 Å². The maximum absolute atomic E-state index is 12.2.